The number of hydrogen-bond acceptors (Lipinski definition) is 3. The molecule has 1 aromatic heterocycles. The molecule has 0 saturated heterocycles. The highest BCUT2D eigenvalue weighted by molar-refractivity contribution is 7.20. The highest BCUT2D eigenvalue weighted by Gasteiger charge is 2.07. The largest absolute Gasteiger partial charge is 0.367 e. The summed E-state index contributed by atoms with van der Waals surface area (Å²) in [5.74, 6) is 0. The second kappa shape index (κ2) is 5.25. The second-order valence-corrected chi connectivity index (χ2v) is 4.34. The fourth-order valence-electron chi connectivity index (χ4n) is 1.38. The third kappa shape index (κ3) is 2.41. The molecule has 0 aromatic carbocycles. The molecule has 80 valence electrons. The molecule has 1 aromatic rings. The average molecular weight is 212 g/mol. The molecule has 0 unspecified atom stereocenters. The number of anilines is 2. The van der Waals surface area contributed by atoms with Crippen LogP contribution in [0.15, 0.2) is 12.1 Å². The predicted octanol–water partition coefficient (Wildman–Crippen LogP) is 3.05. The Kier molecular flexibility index (Phi) is 4.26. The van der Waals surface area contributed by atoms with Crippen molar-refractivity contribution in [3.05, 3.63) is 12.1 Å². The number of rotatable bonds is 5. The molecule has 2 nitrogen and oxygen atoms in total. The van der Waals surface area contributed by atoms with Gasteiger partial charge >= 0.3 is 0 Å². The van der Waals surface area contributed by atoms with Crippen LogP contribution in [0.1, 0.15) is 20.8 Å². The van der Waals surface area contributed by atoms with Gasteiger partial charge in [-0.2, -0.15) is 0 Å². The van der Waals surface area contributed by atoms with Gasteiger partial charge in [0.15, 0.2) is 0 Å². The molecule has 0 N–H and O–H groups in total. The maximum atomic E-state index is 2.39. The molecule has 0 aliphatic heterocycles. The van der Waals surface area contributed by atoms with Gasteiger partial charge in [-0.05, 0) is 32.9 Å². The summed E-state index contributed by atoms with van der Waals surface area (Å²) in [6.45, 7) is 9.83. The van der Waals surface area contributed by atoms with Gasteiger partial charge in [-0.15, -0.1) is 11.3 Å². The molecule has 0 aliphatic rings. The van der Waals surface area contributed by atoms with Gasteiger partial charge in [-0.3, -0.25) is 0 Å². The van der Waals surface area contributed by atoms with E-state index in [-0.39, 0.29) is 0 Å². The van der Waals surface area contributed by atoms with Crippen LogP contribution in [-0.2, 0) is 0 Å². The van der Waals surface area contributed by atoms with Crippen LogP contribution in [0.5, 0.6) is 0 Å². The first-order valence-corrected chi connectivity index (χ1v) is 6.10. The average Bonchev–Trinajstić information content (AvgIpc) is 2.68. The summed E-state index contributed by atoms with van der Waals surface area (Å²) in [6, 6.07) is 4.43. The SMILES string of the molecule is CCN(C)c1ccc(N(CC)CC)s1. The van der Waals surface area contributed by atoms with Gasteiger partial charge in [0.1, 0.15) is 0 Å². The van der Waals surface area contributed by atoms with E-state index < -0.39 is 0 Å². The van der Waals surface area contributed by atoms with Gasteiger partial charge < -0.3 is 9.80 Å². The van der Waals surface area contributed by atoms with Gasteiger partial charge in [0.05, 0.1) is 10.0 Å². The standard InChI is InChI=1S/C11H20N2S/c1-5-12(4)10-8-9-11(14-10)13(6-2)7-3/h8-9H,5-7H2,1-4H3. The Hall–Kier alpha value is -0.700. The normalized spacial score (nSPS) is 10.3. The van der Waals surface area contributed by atoms with Gasteiger partial charge in [0.2, 0.25) is 0 Å². The van der Waals surface area contributed by atoms with E-state index in [1.165, 1.54) is 10.0 Å². The molecule has 3 heteroatoms. The van der Waals surface area contributed by atoms with Gasteiger partial charge in [0, 0.05) is 26.7 Å². The monoisotopic (exact) mass is 212 g/mol. The number of nitrogens with zero attached hydrogens (tertiary/aromatic N) is 2. The summed E-state index contributed by atoms with van der Waals surface area (Å²) >= 11 is 1.87. The van der Waals surface area contributed by atoms with Crippen molar-refractivity contribution in [3.8, 4) is 0 Å². The Bertz CT molecular complexity index is 266. The highest BCUT2D eigenvalue weighted by Crippen LogP contribution is 2.31. The van der Waals surface area contributed by atoms with E-state index in [9.17, 15) is 0 Å². The van der Waals surface area contributed by atoms with Crippen molar-refractivity contribution in [2.24, 2.45) is 0 Å². The third-order valence-electron chi connectivity index (χ3n) is 2.50. The van der Waals surface area contributed by atoms with E-state index in [2.05, 4.69) is 49.8 Å². The van der Waals surface area contributed by atoms with E-state index >= 15 is 0 Å². The summed E-state index contributed by atoms with van der Waals surface area (Å²) in [5, 5.41) is 2.74. The molecular weight excluding hydrogens is 192 g/mol. The molecule has 0 radical (unpaired) electrons. The minimum Gasteiger partial charge on any atom is -0.367 e. The highest BCUT2D eigenvalue weighted by atomic mass is 32.1. The molecule has 1 heterocycles. The van der Waals surface area contributed by atoms with E-state index in [4.69, 9.17) is 0 Å². The fourth-order valence-corrected chi connectivity index (χ4v) is 2.54. The van der Waals surface area contributed by atoms with Crippen molar-refractivity contribution in [2.45, 2.75) is 20.8 Å². The Morgan fingerprint density at radius 2 is 1.57 bits per heavy atom. The predicted molar refractivity (Wildman–Crippen MR) is 66.8 cm³/mol. The van der Waals surface area contributed by atoms with Gasteiger partial charge in [0.25, 0.3) is 0 Å². The molecule has 1 rings (SSSR count). The van der Waals surface area contributed by atoms with E-state index in [0.717, 1.165) is 19.6 Å². The molecule has 14 heavy (non-hydrogen) atoms. The first-order valence-electron chi connectivity index (χ1n) is 5.28. The Morgan fingerprint density at radius 1 is 1.00 bits per heavy atom. The van der Waals surface area contributed by atoms with Crippen LogP contribution in [0.2, 0.25) is 0 Å². The zero-order chi connectivity index (χ0) is 10.6. The van der Waals surface area contributed by atoms with Gasteiger partial charge in [-0.25, -0.2) is 0 Å². The van der Waals surface area contributed by atoms with Gasteiger partial charge in [-0.1, -0.05) is 0 Å². The smallest absolute Gasteiger partial charge is 0.0930 e. The topological polar surface area (TPSA) is 6.48 Å². The Balaban J connectivity index is 2.76. The van der Waals surface area contributed by atoms with Crippen LogP contribution in [0.3, 0.4) is 0 Å². The van der Waals surface area contributed by atoms with Crippen LogP contribution in [0.25, 0.3) is 0 Å². The van der Waals surface area contributed by atoms with Crippen molar-refractivity contribution in [3.63, 3.8) is 0 Å². The minimum absolute atomic E-state index is 1.07. The molecule has 0 aliphatic carbocycles. The number of thiophene rings is 1. The second-order valence-electron chi connectivity index (χ2n) is 3.30. The molecular formula is C11H20N2S. The lowest BCUT2D eigenvalue weighted by Crippen LogP contribution is -2.20. The molecule has 0 amide bonds. The molecule has 0 fully saturated rings. The zero-order valence-electron chi connectivity index (χ0n) is 9.58. The maximum Gasteiger partial charge on any atom is 0.0930 e. The quantitative estimate of drug-likeness (QED) is 0.740. The van der Waals surface area contributed by atoms with E-state index in [1.54, 1.807) is 0 Å². The van der Waals surface area contributed by atoms with Crippen LogP contribution in [0, 0.1) is 0 Å². The molecule has 0 bridgehead atoms. The molecule has 0 atom stereocenters. The fraction of sp³-hybridized carbons (Fsp3) is 0.636. The lowest BCUT2D eigenvalue weighted by Gasteiger charge is -2.18. The van der Waals surface area contributed by atoms with Crippen LogP contribution < -0.4 is 9.80 Å². The van der Waals surface area contributed by atoms with Crippen LogP contribution >= 0.6 is 11.3 Å². The van der Waals surface area contributed by atoms with Crippen molar-refractivity contribution >= 4 is 21.3 Å². The van der Waals surface area contributed by atoms with Crippen molar-refractivity contribution < 1.29 is 0 Å². The molecule has 0 saturated carbocycles. The van der Waals surface area contributed by atoms with Crippen molar-refractivity contribution in [2.75, 3.05) is 36.5 Å². The van der Waals surface area contributed by atoms with Crippen LogP contribution in [0.4, 0.5) is 10.0 Å². The summed E-state index contributed by atoms with van der Waals surface area (Å²) in [4.78, 5) is 4.66. The first-order chi connectivity index (χ1) is 6.72. The minimum atomic E-state index is 1.07. The van der Waals surface area contributed by atoms with Crippen LogP contribution in [-0.4, -0.2) is 26.7 Å². The molecule has 0 spiro atoms. The van der Waals surface area contributed by atoms with E-state index in [1.807, 2.05) is 11.3 Å². The maximum absolute atomic E-state index is 2.39. The number of hydrogen-bond donors (Lipinski definition) is 0. The van der Waals surface area contributed by atoms with Crippen molar-refractivity contribution in [1.82, 2.24) is 0 Å². The summed E-state index contributed by atoms with van der Waals surface area (Å²) in [5.41, 5.74) is 0. The lowest BCUT2D eigenvalue weighted by atomic mass is 10.5. The Morgan fingerprint density at radius 3 is 2.07 bits per heavy atom. The Labute approximate surface area is 91.1 Å². The third-order valence-corrected chi connectivity index (χ3v) is 3.76. The zero-order valence-corrected chi connectivity index (χ0v) is 10.4. The summed E-state index contributed by atoms with van der Waals surface area (Å²) in [7, 11) is 2.14. The summed E-state index contributed by atoms with van der Waals surface area (Å²) in [6.07, 6.45) is 0. The van der Waals surface area contributed by atoms with Crippen molar-refractivity contribution in [1.29, 1.82) is 0 Å². The first kappa shape index (κ1) is 11.4. The lowest BCUT2D eigenvalue weighted by molar-refractivity contribution is 0.876. The van der Waals surface area contributed by atoms with E-state index in [0.29, 0.717) is 0 Å². The summed E-state index contributed by atoms with van der Waals surface area (Å²) < 4.78 is 0.